The Morgan fingerprint density at radius 3 is 2.63 bits per heavy atom. The van der Waals surface area contributed by atoms with Crippen molar-refractivity contribution >= 4 is 11.6 Å². The Bertz CT molecular complexity index is 541. The standard InChI is InChI=1S/C13H13F3N2O/c1-18-11-7(3-2-4-10(11)13(14,15)16)8-5-17-6-9(8)12(18)19/h2-4,8-9,17H,5-6H2,1H3/t8-,9-/m1/s1. The van der Waals surface area contributed by atoms with E-state index in [0.717, 1.165) is 11.0 Å². The summed E-state index contributed by atoms with van der Waals surface area (Å²) in [5.74, 6) is -0.638. The molecule has 1 N–H and O–H groups in total. The maximum Gasteiger partial charge on any atom is 0.418 e. The molecule has 1 saturated heterocycles. The summed E-state index contributed by atoms with van der Waals surface area (Å²) in [4.78, 5) is 13.3. The van der Waals surface area contributed by atoms with E-state index in [4.69, 9.17) is 0 Å². The molecule has 3 rings (SSSR count). The lowest BCUT2D eigenvalue weighted by molar-refractivity contribution is -0.137. The Kier molecular flexibility index (Phi) is 2.60. The van der Waals surface area contributed by atoms with Crippen molar-refractivity contribution in [2.45, 2.75) is 12.1 Å². The van der Waals surface area contributed by atoms with Gasteiger partial charge < -0.3 is 10.2 Å². The highest BCUT2D eigenvalue weighted by molar-refractivity contribution is 6.00. The summed E-state index contributed by atoms with van der Waals surface area (Å²) in [6, 6.07) is 4.14. The molecule has 1 aromatic rings. The van der Waals surface area contributed by atoms with E-state index < -0.39 is 11.7 Å². The van der Waals surface area contributed by atoms with Gasteiger partial charge in [-0.05, 0) is 11.6 Å². The Hall–Kier alpha value is -1.56. The average Bonchev–Trinajstić information content (AvgIpc) is 2.83. The van der Waals surface area contributed by atoms with Crippen LogP contribution in [-0.4, -0.2) is 26.0 Å². The number of alkyl halides is 3. The number of benzene rings is 1. The van der Waals surface area contributed by atoms with Crippen LogP contribution >= 0.6 is 0 Å². The first-order chi connectivity index (χ1) is 8.91. The van der Waals surface area contributed by atoms with Crippen LogP contribution in [0, 0.1) is 5.92 Å². The van der Waals surface area contributed by atoms with Gasteiger partial charge in [0.05, 0.1) is 17.2 Å². The summed E-state index contributed by atoms with van der Waals surface area (Å²) in [7, 11) is 1.42. The largest absolute Gasteiger partial charge is 0.418 e. The molecule has 1 aromatic carbocycles. The lowest BCUT2D eigenvalue weighted by Gasteiger charge is -2.35. The van der Waals surface area contributed by atoms with Gasteiger partial charge in [0.25, 0.3) is 0 Å². The first-order valence-corrected chi connectivity index (χ1v) is 6.09. The van der Waals surface area contributed by atoms with Crippen molar-refractivity contribution in [1.82, 2.24) is 5.32 Å². The number of carbonyl (C=O) groups is 1. The van der Waals surface area contributed by atoms with Gasteiger partial charge in [0.2, 0.25) is 5.91 Å². The van der Waals surface area contributed by atoms with Crippen LogP contribution in [0.5, 0.6) is 0 Å². The number of nitrogens with zero attached hydrogens (tertiary/aromatic N) is 1. The molecule has 19 heavy (non-hydrogen) atoms. The van der Waals surface area contributed by atoms with Crippen LogP contribution in [0.25, 0.3) is 0 Å². The number of para-hydroxylation sites is 1. The molecular weight excluding hydrogens is 257 g/mol. The molecule has 0 unspecified atom stereocenters. The van der Waals surface area contributed by atoms with Gasteiger partial charge >= 0.3 is 6.18 Å². The number of rotatable bonds is 0. The molecule has 1 fully saturated rings. The highest BCUT2D eigenvalue weighted by Gasteiger charge is 2.45. The molecular formula is C13H13F3N2O. The quantitative estimate of drug-likeness (QED) is 0.782. The monoisotopic (exact) mass is 270 g/mol. The van der Waals surface area contributed by atoms with Crippen LogP contribution in [-0.2, 0) is 11.0 Å². The van der Waals surface area contributed by atoms with E-state index in [1.807, 2.05) is 0 Å². The Morgan fingerprint density at radius 1 is 1.26 bits per heavy atom. The number of halogens is 3. The van der Waals surface area contributed by atoms with E-state index in [1.165, 1.54) is 13.1 Å². The van der Waals surface area contributed by atoms with Crippen molar-refractivity contribution in [2.24, 2.45) is 5.92 Å². The Morgan fingerprint density at radius 2 is 1.95 bits per heavy atom. The smallest absolute Gasteiger partial charge is 0.315 e. The number of hydrogen-bond acceptors (Lipinski definition) is 2. The lowest BCUT2D eigenvalue weighted by atomic mass is 9.82. The fourth-order valence-electron chi connectivity index (χ4n) is 3.09. The van der Waals surface area contributed by atoms with Crippen LogP contribution in [0.4, 0.5) is 18.9 Å². The summed E-state index contributed by atoms with van der Waals surface area (Å²) in [5, 5.41) is 3.09. The van der Waals surface area contributed by atoms with E-state index >= 15 is 0 Å². The fourth-order valence-corrected chi connectivity index (χ4v) is 3.09. The molecule has 102 valence electrons. The third kappa shape index (κ3) is 1.74. The number of amides is 1. The van der Waals surface area contributed by atoms with Crippen LogP contribution in [0.3, 0.4) is 0 Å². The maximum absolute atomic E-state index is 13.1. The van der Waals surface area contributed by atoms with E-state index in [9.17, 15) is 18.0 Å². The normalized spacial score (nSPS) is 26.3. The number of fused-ring (bicyclic) bond motifs is 3. The predicted molar refractivity (Wildman–Crippen MR) is 64.0 cm³/mol. The minimum atomic E-state index is -4.45. The number of hydrogen-bond donors (Lipinski definition) is 1. The molecule has 0 aromatic heterocycles. The van der Waals surface area contributed by atoms with Crippen molar-refractivity contribution in [1.29, 1.82) is 0 Å². The molecule has 0 radical (unpaired) electrons. The van der Waals surface area contributed by atoms with Crippen molar-refractivity contribution < 1.29 is 18.0 Å². The minimum absolute atomic E-state index is 0.0185. The van der Waals surface area contributed by atoms with Crippen LogP contribution in [0.1, 0.15) is 17.0 Å². The summed E-state index contributed by atoms with van der Waals surface area (Å²) in [6.07, 6.45) is -4.45. The van der Waals surface area contributed by atoms with Gasteiger partial charge in [0, 0.05) is 26.1 Å². The number of nitrogens with one attached hydrogen (secondary N) is 1. The lowest BCUT2D eigenvalue weighted by Crippen LogP contribution is -2.41. The van der Waals surface area contributed by atoms with Crippen LogP contribution in [0.15, 0.2) is 18.2 Å². The first-order valence-electron chi connectivity index (χ1n) is 6.09. The summed E-state index contributed by atoms with van der Waals surface area (Å²) >= 11 is 0. The van der Waals surface area contributed by atoms with Gasteiger partial charge in [0.1, 0.15) is 0 Å². The second kappa shape index (κ2) is 3.96. The van der Waals surface area contributed by atoms with E-state index in [2.05, 4.69) is 5.32 Å². The van der Waals surface area contributed by atoms with Crippen molar-refractivity contribution in [3.05, 3.63) is 29.3 Å². The maximum atomic E-state index is 13.1. The molecule has 0 saturated carbocycles. The van der Waals surface area contributed by atoms with Crippen molar-refractivity contribution in [3.63, 3.8) is 0 Å². The van der Waals surface area contributed by atoms with Crippen LogP contribution in [0.2, 0.25) is 0 Å². The topological polar surface area (TPSA) is 32.3 Å². The molecule has 2 atom stereocenters. The zero-order valence-corrected chi connectivity index (χ0v) is 10.3. The van der Waals surface area contributed by atoms with Gasteiger partial charge in [-0.15, -0.1) is 0 Å². The Labute approximate surface area is 108 Å². The van der Waals surface area contributed by atoms with Gasteiger partial charge in [-0.2, -0.15) is 13.2 Å². The first kappa shape index (κ1) is 12.5. The summed E-state index contributed by atoms with van der Waals surface area (Å²) < 4.78 is 39.2. The molecule has 0 aliphatic carbocycles. The second-order valence-corrected chi connectivity index (χ2v) is 5.01. The molecule has 6 heteroatoms. The molecule has 2 aliphatic rings. The summed E-state index contributed by atoms with van der Waals surface area (Å²) in [6.45, 7) is 1.09. The zero-order chi connectivity index (χ0) is 13.8. The van der Waals surface area contributed by atoms with E-state index in [1.54, 1.807) is 6.07 Å². The molecule has 0 spiro atoms. The van der Waals surface area contributed by atoms with Gasteiger partial charge in [0.15, 0.2) is 0 Å². The van der Waals surface area contributed by atoms with E-state index in [0.29, 0.717) is 18.7 Å². The average molecular weight is 270 g/mol. The second-order valence-electron chi connectivity index (χ2n) is 5.01. The number of carbonyl (C=O) groups excluding carboxylic acids is 1. The molecule has 3 nitrogen and oxygen atoms in total. The van der Waals surface area contributed by atoms with Gasteiger partial charge in [-0.1, -0.05) is 12.1 Å². The fraction of sp³-hybridized carbons (Fsp3) is 0.462. The zero-order valence-electron chi connectivity index (χ0n) is 10.3. The van der Waals surface area contributed by atoms with Gasteiger partial charge in [-0.3, -0.25) is 4.79 Å². The third-order valence-electron chi connectivity index (χ3n) is 3.97. The van der Waals surface area contributed by atoms with E-state index in [-0.39, 0.29) is 23.4 Å². The molecule has 2 aliphatic heterocycles. The highest BCUT2D eigenvalue weighted by atomic mass is 19.4. The van der Waals surface area contributed by atoms with Crippen molar-refractivity contribution in [3.8, 4) is 0 Å². The SMILES string of the molecule is CN1C(=O)[C@@H]2CNC[C@@H]2c2cccc(C(F)(F)F)c21. The van der Waals surface area contributed by atoms with Crippen molar-refractivity contribution in [2.75, 3.05) is 25.0 Å². The predicted octanol–water partition coefficient (Wildman–Crippen LogP) is 1.98. The van der Waals surface area contributed by atoms with Crippen LogP contribution < -0.4 is 10.2 Å². The highest BCUT2D eigenvalue weighted by Crippen LogP contribution is 2.46. The molecule has 0 bridgehead atoms. The molecule has 1 amide bonds. The Balaban J connectivity index is 2.22. The van der Waals surface area contributed by atoms with Gasteiger partial charge in [-0.25, -0.2) is 0 Å². The molecule has 2 heterocycles. The summed E-state index contributed by atoms with van der Waals surface area (Å²) in [5.41, 5.74) is -0.0944. The number of anilines is 1. The minimum Gasteiger partial charge on any atom is -0.315 e. The third-order valence-corrected chi connectivity index (χ3v) is 3.97.